The summed E-state index contributed by atoms with van der Waals surface area (Å²) in [4.78, 5) is 16.3. The van der Waals surface area contributed by atoms with Crippen LogP contribution in [0.3, 0.4) is 0 Å². The number of aromatic nitrogens is 2. The SMILES string of the molecule is COc1cc(Cn2ccc3c2CC(C)(C)CC3=O)ccn1. The Kier molecular flexibility index (Phi) is 3.32. The van der Waals surface area contributed by atoms with Crippen molar-refractivity contribution in [3.8, 4) is 5.88 Å². The number of rotatable bonds is 3. The van der Waals surface area contributed by atoms with Gasteiger partial charge in [0.15, 0.2) is 5.78 Å². The molecule has 3 rings (SSSR count). The largest absolute Gasteiger partial charge is 0.481 e. The summed E-state index contributed by atoms with van der Waals surface area (Å²) < 4.78 is 7.33. The number of carbonyl (C=O) groups is 1. The van der Waals surface area contributed by atoms with E-state index in [1.807, 2.05) is 24.4 Å². The van der Waals surface area contributed by atoms with Crippen LogP contribution in [0.25, 0.3) is 0 Å². The molecule has 0 atom stereocenters. The van der Waals surface area contributed by atoms with Crippen LogP contribution in [0.5, 0.6) is 5.88 Å². The minimum Gasteiger partial charge on any atom is -0.481 e. The molecule has 0 aliphatic heterocycles. The van der Waals surface area contributed by atoms with E-state index in [4.69, 9.17) is 4.74 Å². The average Bonchev–Trinajstić information content (AvgIpc) is 2.81. The van der Waals surface area contributed by atoms with E-state index >= 15 is 0 Å². The number of ketones is 1. The van der Waals surface area contributed by atoms with E-state index in [-0.39, 0.29) is 11.2 Å². The number of pyridine rings is 1. The van der Waals surface area contributed by atoms with Crippen LogP contribution in [0, 0.1) is 5.41 Å². The predicted octanol–water partition coefficient (Wildman–Crippen LogP) is 3.10. The first-order chi connectivity index (χ1) is 9.98. The third kappa shape index (κ3) is 2.71. The molecule has 0 N–H and O–H groups in total. The van der Waals surface area contributed by atoms with Gasteiger partial charge in [0.1, 0.15) is 0 Å². The average molecular weight is 284 g/mol. The first-order valence-corrected chi connectivity index (χ1v) is 7.19. The lowest BCUT2D eigenvalue weighted by molar-refractivity contribution is 0.0910. The minimum absolute atomic E-state index is 0.0378. The Bertz CT molecular complexity index is 686. The predicted molar refractivity (Wildman–Crippen MR) is 80.8 cm³/mol. The van der Waals surface area contributed by atoms with E-state index in [0.717, 1.165) is 29.8 Å². The lowest BCUT2D eigenvalue weighted by atomic mass is 9.76. The van der Waals surface area contributed by atoms with E-state index in [2.05, 4.69) is 23.4 Å². The lowest BCUT2D eigenvalue weighted by Gasteiger charge is -2.29. The quantitative estimate of drug-likeness (QED) is 0.870. The van der Waals surface area contributed by atoms with Gasteiger partial charge in [-0.2, -0.15) is 0 Å². The van der Waals surface area contributed by atoms with Crippen molar-refractivity contribution < 1.29 is 9.53 Å². The van der Waals surface area contributed by atoms with Crippen molar-refractivity contribution in [3.63, 3.8) is 0 Å². The van der Waals surface area contributed by atoms with Crippen molar-refractivity contribution in [2.45, 2.75) is 33.2 Å². The van der Waals surface area contributed by atoms with Gasteiger partial charge in [0.2, 0.25) is 5.88 Å². The van der Waals surface area contributed by atoms with Gasteiger partial charge in [-0.05, 0) is 29.5 Å². The number of methoxy groups -OCH3 is 1. The molecule has 21 heavy (non-hydrogen) atoms. The Morgan fingerprint density at radius 3 is 2.90 bits per heavy atom. The van der Waals surface area contributed by atoms with Gasteiger partial charge in [-0.3, -0.25) is 4.79 Å². The molecule has 0 saturated carbocycles. The van der Waals surface area contributed by atoms with Gasteiger partial charge in [0.25, 0.3) is 0 Å². The third-order valence-electron chi connectivity index (χ3n) is 4.03. The van der Waals surface area contributed by atoms with E-state index in [1.165, 1.54) is 0 Å². The number of fused-ring (bicyclic) bond motifs is 1. The van der Waals surface area contributed by atoms with Crippen molar-refractivity contribution in [1.82, 2.24) is 9.55 Å². The Morgan fingerprint density at radius 2 is 2.14 bits per heavy atom. The fraction of sp³-hybridized carbons (Fsp3) is 0.412. The normalized spacial score (nSPS) is 16.6. The summed E-state index contributed by atoms with van der Waals surface area (Å²) in [6.07, 6.45) is 5.33. The zero-order chi connectivity index (χ0) is 15.0. The van der Waals surface area contributed by atoms with Crippen molar-refractivity contribution in [2.75, 3.05) is 7.11 Å². The maximum atomic E-state index is 12.2. The Labute approximate surface area is 124 Å². The molecule has 0 saturated heterocycles. The number of hydrogen-bond acceptors (Lipinski definition) is 3. The molecule has 0 spiro atoms. The van der Waals surface area contributed by atoms with Crippen molar-refractivity contribution in [1.29, 1.82) is 0 Å². The molecule has 0 aromatic carbocycles. The molecular weight excluding hydrogens is 264 g/mol. The van der Waals surface area contributed by atoms with Gasteiger partial charge < -0.3 is 9.30 Å². The third-order valence-corrected chi connectivity index (χ3v) is 4.03. The Hall–Kier alpha value is -2.10. The van der Waals surface area contributed by atoms with Crippen LogP contribution in [-0.4, -0.2) is 22.4 Å². The summed E-state index contributed by atoms with van der Waals surface area (Å²) in [5.74, 6) is 0.872. The molecule has 2 aromatic heterocycles. The second kappa shape index (κ2) is 5.02. The van der Waals surface area contributed by atoms with Crippen molar-refractivity contribution in [2.24, 2.45) is 5.41 Å². The smallest absolute Gasteiger partial charge is 0.213 e. The van der Waals surface area contributed by atoms with Crippen LogP contribution in [-0.2, 0) is 13.0 Å². The summed E-state index contributed by atoms with van der Waals surface area (Å²) in [6.45, 7) is 5.04. The Morgan fingerprint density at radius 1 is 1.33 bits per heavy atom. The number of carbonyl (C=O) groups excluding carboxylic acids is 1. The van der Waals surface area contributed by atoms with Crippen LogP contribution >= 0.6 is 0 Å². The molecule has 0 amide bonds. The Balaban J connectivity index is 1.92. The van der Waals surface area contributed by atoms with Crippen molar-refractivity contribution in [3.05, 3.63) is 47.4 Å². The van der Waals surface area contributed by atoms with Crippen LogP contribution in [0.15, 0.2) is 30.6 Å². The minimum atomic E-state index is 0.0378. The van der Waals surface area contributed by atoms with E-state index in [1.54, 1.807) is 13.3 Å². The van der Waals surface area contributed by atoms with Crippen LogP contribution in [0.2, 0.25) is 0 Å². The molecule has 110 valence electrons. The number of Topliss-reactive ketones (excluding diaryl/α,β-unsaturated/α-hetero) is 1. The molecule has 0 fully saturated rings. The van der Waals surface area contributed by atoms with E-state index < -0.39 is 0 Å². The molecule has 4 nitrogen and oxygen atoms in total. The van der Waals surface area contributed by atoms with Gasteiger partial charge in [-0.15, -0.1) is 0 Å². The fourth-order valence-corrected chi connectivity index (χ4v) is 3.01. The molecular formula is C17H20N2O2. The maximum Gasteiger partial charge on any atom is 0.213 e. The summed E-state index contributed by atoms with van der Waals surface area (Å²) >= 11 is 0. The van der Waals surface area contributed by atoms with Gasteiger partial charge >= 0.3 is 0 Å². The van der Waals surface area contributed by atoms with E-state index in [0.29, 0.717) is 12.3 Å². The summed E-state index contributed by atoms with van der Waals surface area (Å²) in [6, 6.07) is 5.86. The maximum absolute atomic E-state index is 12.2. The molecule has 1 aliphatic carbocycles. The van der Waals surface area contributed by atoms with Crippen LogP contribution in [0.4, 0.5) is 0 Å². The molecule has 2 aromatic rings. The topological polar surface area (TPSA) is 44.1 Å². The highest BCUT2D eigenvalue weighted by Gasteiger charge is 2.32. The summed E-state index contributed by atoms with van der Waals surface area (Å²) in [5.41, 5.74) is 3.19. The summed E-state index contributed by atoms with van der Waals surface area (Å²) in [7, 11) is 1.62. The van der Waals surface area contributed by atoms with Gasteiger partial charge in [-0.1, -0.05) is 13.8 Å². The molecule has 0 unspecified atom stereocenters. The first kappa shape index (κ1) is 13.9. The second-order valence-corrected chi connectivity index (χ2v) is 6.45. The highest BCUT2D eigenvalue weighted by Crippen LogP contribution is 2.35. The second-order valence-electron chi connectivity index (χ2n) is 6.45. The van der Waals surface area contributed by atoms with Gasteiger partial charge in [0.05, 0.1) is 7.11 Å². The summed E-state index contributed by atoms with van der Waals surface area (Å²) in [5, 5.41) is 0. The number of nitrogens with zero attached hydrogens (tertiary/aromatic N) is 2. The molecule has 0 bridgehead atoms. The molecule has 0 radical (unpaired) electrons. The number of ether oxygens (including phenoxy) is 1. The van der Waals surface area contributed by atoms with Crippen LogP contribution < -0.4 is 4.74 Å². The molecule has 4 heteroatoms. The first-order valence-electron chi connectivity index (χ1n) is 7.19. The highest BCUT2D eigenvalue weighted by atomic mass is 16.5. The van der Waals surface area contributed by atoms with Crippen molar-refractivity contribution >= 4 is 5.78 Å². The molecule has 1 aliphatic rings. The fourth-order valence-electron chi connectivity index (χ4n) is 3.01. The van der Waals surface area contributed by atoms with Crippen LogP contribution in [0.1, 0.15) is 41.9 Å². The molecule has 2 heterocycles. The monoisotopic (exact) mass is 284 g/mol. The standard InChI is InChI=1S/C17H20N2O2/c1-17(2)9-14-13(15(20)10-17)5-7-19(14)11-12-4-6-18-16(8-12)21-3/h4-8H,9-11H2,1-3H3. The number of hydrogen-bond donors (Lipinski definition) is 0. The zero-order valence-electron chi connectivity index (χ0n) is 12.7. The van der Waals surface area contributed by atoms with Gasteiger partial charge in [-0.25, -0.2) is 4.98 Å². The van der Waals surface area contributed by atoms with E-state index in [9.17, 15) is 4.79 Å². The lowest BCUT2D eigenvalue weighted by Crippen LogP contribution is -2.28. The zero-order valence-corrected chi connectivity index (χ0v) is 12.7. The van der Waals surface area contributed by atoms with Gasteiger partial charge in [0, 0.05) is 42.7 Å². The highest BCUT2D eigenvalue weighted by molar-refractivity contribution is 5.98.